The zero-order chi connectivity index (χ0) is 16.0. The van der Waals surface area contributed by atoms with Gasteiger partial charge in [0.15, 0.2) is 0 Å². The number of hydrogen-bond donors (Lipinski definition) is 2. The summed E-state index contributed by atoms with van der Waals surface area (Å²) in [6, 6.07) is 5.55. The fraction of sp³-hybridized carbons (Fsp3) is 0.467. The number of halogens is 1. The Kier molecular flexibility index (Phi) is 6.20. The molecule has 1 atom stereocenters. The Morgan fingerprint density at radius 3 is 2.33 bits per heavy atom. The lowest BCUT2D eigenvalue weighted by Crippen LogP contribution is -2.44. The van der Waals surface area contributed by atoms with E-state index in [1.165, 1.54) is 36.0 Å². The monoisotopic (exact) mass is 312 g/mol. The van der Waals surface area contributed by atoms with Crippen LogP contribution in [0.25, 0.3) is 0 Å². The SMILES string of the molecule is CC(SCC(=O)Nc1ccc(F)cc1)C(=O)NC(C)(C)C. The summed E-state index contributed by atoms with van der Waals surface area (Å²) >= 11 is 1.26. The van der Waals surface area contributed by atoms with Gasteiger partial charge >= 0.3 is 0 Å². The van der Waals surface area contributed by atoms with Crippen LogP contribution in [-0.4, -0.2) is 28.4 Å². The average Bonchev–Trinajstić information content (AvgIpc) is 2.36. The van der Waals surface area contributed by atoms with Gasteiger partial charge in [0.05, 0.1) is 11.0 Å². The largest absolute Gasteiger partial charge is 0.351 e. The van der Waals surface area contributed by atoms with Crippen molar-refractivity contribution in [3.8, 4) is 0 Å². The van der Waals surface area contributed by atoms with Crippen LogP contribution in [0.3, 0.4) is 0 Å². The molecule has 4 nitrogen and oxygen atoms in total. The number of nitrogens with one attached hydrogen (secondary N) is 2. The Hall–Kier alpha value is -1.56. The highest BCUT2D eigenvalue weighted by Gasteiger charge is 2.20. The number of amides is 2. The number of benzene rings is 1. The maximum absolute atomic E-state index is 12.7. The Labute approximate surface area is 128 Å². The van der Waals surface area contributed by atoms with Gasteiger partial charge in [-0.3, -0.25) is 9.59 Å². The molecule has 0 heterocycles. The van der Waals surface area contributed by atoms with E-state index in [0.717, 1.165) is 0 Å². The van der Waals surface area contributed by atoms with Gasteiger partial charge in [0.25, 0.3) is 0 Å². The molecule has 0 spiro atoms. The fourth-order valence-corrected chi connectivity index (χ4v) is 2.16. The molecule has 0 saturated carbocycles. The van der Waals surface area contributed by atoms with Gasteiger partial charge in [-0.2, -0.15) is 0 Å². The number of carbonyl (C=O) groups excluding carboxylic acids is 2. The van der Waals surface area contributed by atoms with Crippen molar-refractivity contribution >= 4 is 29.3 Å². The van der Waals surface area contributed by atoms with Crippen molar-refractivity contribution in [3.05, 3.63) is 30.1 Å². The average molecular weight is 312 g/mol. The number of thioether (sulfide) groups is 1. The highest BCUT2D eigenvalue weighted by atomic mass is 32.2. The Balaban J connectivity index is 2.38. The van der Waals surface area contributed by atoms with Crippen molar-refractivity contribution in [2.24, 2.45) is 0 Å². The van der Waals surface area contributed by atoms with Crippen molar-refractivity contribution in [1.82, 2.24) is 5.32 Å². The van der Waals surface area contributed by atoms with Gasteiger partial charge in [0.1, 0.15) is 5.82 Å². The van der Waals surface area contributed by atoms with Crippen molar-refractivity contribution in [2.75, 3.05) is 11.1 Å². The molecular formula is C15H21FN2O2S. The molecule has 2 N–H and O–H groups in total. The lowest BCUT2D eigenvalue weighted by molar-refractivity contribution is -0.121. The van der Waals surface area contributed by atoms with E-state index in [1.54, 1.807) is 6.92 Å². The second kappa shape index (κ2) is 7.45. The molecule has 0 aliphatic rings. The Bertz CT molecular complexity index is 497. The van der Waals surface area contributed by atoms with Gasteiger partial charge < -0.3 is 10.6 Å². The summed E-state index contributed by atoms with van der Waals surface area (Å²) in [5.74, 6) is -0.505. The molecule has 0 bridgehead atoms. The van der Waals surface area contributed by atoms with Gasteiger partial charge in [0.2, 0.25) is 11.8 Å². The molecule has 2 amide bonds. The summed E-state index contributed by atoms with van der Waals surface area (Å²) in [4.78, 5) is 23.6. The van der Waals surface area contributed by atoms with E-state index in [-0.39, 0.29) is 34.2 Å². The third kappa shape index (κ3) is 7.13. The minimum atomic E-state index is -0.352. The molecule has 21 heavy (non-hydrogen) atoms. The number of carbonyl (C=O) groups is 2. The van der Waals surface area contributed by atoms with Gasteiger partial charge in [-0.1, -0.05) is 0 Å². The Morgan fingerprint density at radius 2 is 1.81 bits per heavy atom. The van der Waals surface area contributed by atoms with Gasteiger partial charge in [-0.25, -0.2) is 4.39 Å². The molecule has 1 aromatic rings. The van der Waals surface area contributed by atoms with Crippen LogP contribution in [0.4, 0.5) is 10.1 Å². The number of hydrogen-bond acceptors (Lipinski definition) is 3. The molecule has 116 valence electrons. The zero-order valence-electron chi connectivity index (χ0n) is 12.7. The van der Waals surface area contributed by atoms with E-state index in [0.29, 0.717) is 5.69 Å². The molecule has 0 fully saturated rings. The van der Waals surface area contributed by atoms with Gasteiger partial charge in [-0.15, -0.1) is 11.8 Å². The van der Waals surface area contributed by atoms with E-state index in [9.17, 15) is 14.0 Å². The maximum Gasteiger partial charge on any atom is 0.234 e. The highest BCUT2D eigenvalue weighted by Crippen LogP contribution is 2.14. The first-order chi connectivity index (χ1) is 9.67. The first-order valence-electron chi connectivity index (χ1n) is 6.66. The molecular weight excluding hydrogens is 291 g/mol. The topological polar surface area (TPSA) is 58.2 Å². The minimum Gasteiger partial charge on any atom is -0.351 e. The predicted molar refractivity (Wildman–Crippen MR) is 84.8 cm³/mol. The van der Waals surface area contributed by atoms with E-state index >= 15 is 0 Å². The first kappa shape index (κ1) is 17.5. The summed E-state index contributed by atoms with van der Waals surface area (Å²) in [6.45, 7) is 7.48. The van der Waals surface area contributed by atoms with E-state index < -0.39 is 0 Å². The van der Waals surface area contributed by atoms with Gasteiger partial charge in [0, 0.05) is 11.2 Å². The van der Waals surface area contributed by atoms with Crippen LogP contribution in [0, 0.1) is 5.82 Å². The van der Waals surface area contributed by atoms with Crippen LogP contribution in [0.15, 0.2) is 24.3 Å². The minimum absolute atomic E-state index is 0.0953. The molecule has 1 aromatic carbocycles. The standard InChI is InChI=1S/C15H21FN2O2S/c1-10(14(20)18-15(2,3)4)21-9-13(19)17-12-7-5-11(16)6-8-12/h5-8,10H,9H2,1-4H3,(H,17,19)(H,18,20). The van der Waals surface area contributed by atoms with E-state index in [2.05, 4.69) is 10.6 Å². The molecule has 0 saturated heterocycles. The highest BCUT2D eigenvalue weighted by molar-refractivity contribution is 8.01. The lowest BCUT2D eigenvalue weighted by Gasteiger charge is -2.22. The Morgan fingerprint density at radius 1 is 1.24 bits per heavy atom. The smallest absolute Gasteiger partial charge is 0.234 e. The maximum atomic E-state index is 12.7. The van der Waals surface area contributed by atoms with Crippen LogP contribution >= 0.6 is 11.8 Å². The second-order valence-corrected chi connectivity index (χ2v) is 7.08. The number of anilines is 1. The van der Waals surface area contributed by atoms with Crippen LogP contribution < -0.4 is 10.6 Å². The van der Waals surface area contributed by atoms with E-state index in [4.69, 9.17) is 0 Å². The molecule has 0 aromatic heterocycles. The van der Waals surface area contributed by atoms with Crippen molar-refractivity contribution < 1.29 is 14.0 Å². The van der Waals surface area contributed by atoms with E-state index in [1.807, 2.05) is 20.8 Å². The van der Waals surface area contributed by atoms with Crippen LogP contribution in [0.1, 0.15) is 27.7 Å². The summed E-state index contributed by atoms with van der Waals surface area (Å²) in [5, 5.41) is 5.20. The molecule has 1 rings (SSSR count). The van der Waals surface area contributed by atoms with Crippen molar-refractivity contribution in [1.29, 1.82) is 0 Å². The number of rotatable bonds is 5. The first-order valence-corrected chi connectivity index (χ1v) is 7.71. The van der Waals surface area contributed by atoms with Crippen molar-refractivity contribution in [3.63, 3.8) is 0 Å². The van der Waals surface area contributed by atoms with Gasteiger partial charge in [-0.05, 0) is 52.0 Å². The van der Waals surface area contributed by atoms with Crippen LogP contribution in [0.2, 0.25) is 0 Å². The molecule has 0 aliphatic carbocycles. The third-order valence-corrected chi connectivity index (χ3v) is 3.60. The molecule has 0 radical (unpaired) electrons. The molecule has 1 unspecified atom stereocenters. The second-order valence-electron chi connectivity index (χ2n) is 5.75. The van der Waals surface area contributed by atoms with Crippen LogP contribution in [0.5, 0.6) is 0 Å². The zero-order valence-corrected chi connectivity index (χ0v) is 13.5. The fourth-order valence-electron chi connectivity index (χ4n) is 1.48. The summed E-state index contributed by atoms with van der Waals surface area (Å²) in [7, 11) is 0. The summed E-state index contributed by atoms with van der Waals surface area (Å²) < 4.78 is 12.7. The summed E-state index contributed by atoms with van der Waals surface area (Å²) in [6.07, 6.45) is 0. The molecule has 0 aliphatic heterocycles. The van der Waals surface area contributed by atoms with Crippen molar-refractivity contribution in [2.45, 2.75) is 38.5 Å². The predicted octanol–water partition coefficient (Wildman–Crippen LogP) is 2.80. The van der Waals surface area contributed by atoms with Crippen LogP contribution in [-0.2, 0) is 9.59 Å². The lowest BCUT2D eigenvalue weighted by atomic mass is 10.1. The molecule has 6 heteroatoms. The summed E-state index contributed by atoms with van der Waals surface area (Å²) in [5.41, 5.74) is 0.247. The third-order valence-electron chi connectivity index (χ3n) is 2.46. The normalized spacial score (nSPS) is 12.6. The quantitative estimate of drug-likeness (QED) is 0.879.